The minimum Gasteiger partial charge on any atom is -0.292 e. The molecule has 2 aromatic rings. The predicted octanol–water partition coefficient (Wildman–Crippen LogP) is 3.87. The third-order valence-electron chi connectivity index (χ3n) is 2.79. The highest BCUT2D eigenvalue weighted by Crippen LogP contribution is 2.31. The van der Waals surface area contributed by atoms with Crippen molar-refractivity contribution in [2.24, 2.45) is 0 Å². The number of hydrogen-bond donors (Lipinski definition) is 0. The van der Waals surface area contributed by atoms with Crippen LogP contribution in [-0.2, 0) is 6.54 Å². The van der Waals surface area contributed by atoms with Crippen LogP contribution in [0.25, 0.3) is 0 Å². The van der Waals surface area contributed by atoms with Gasteiger partial charge < -0.3 is 0 Å². The van der Waals surface area contributed by atoms with Crippen LogP contribution < -0.4 is 5.69 Å². The van der Waals surface area contributed by atoms with E-state index in [0.717, 1.165) is 11.3 Å². The minimum atomic E-state index is -0.464. The van der Waals surface area contributed by atoms with Gasteiger partial charge in [-0.1, -0.05) is 23.2 Å². The first-order valence-electron chi connectivity index (χ1n) is 5.53. The second kappa shape index (κ2) is 5.97. The Hall–Kier alpha value is -0.690. The van der Waals surface area contributed by atoms with E-state index in [0.29, 0.717) is 30.1 Å². The molecule has 0 bridgehead atoms. The van der Waals surface area contributed by atoms with E-state index < -0.39 is 5.69 Å². The van der Waals surface area contributed by atoms with E-state index >= 15 is 0 Å². The molecule has 0 aliphatic rings. The average molecular weight is 396 g/mol. The Bertz CT molecular complexity index is 755. The van der Waals surface area contributed by atoms with E-state index in [1.54, 1.807) is 13.8 Å². The van der Waals surface area contributed by atoms with Crippen LogP contribution in [0.4, 0.5) is 0 Å². The number of thiophene rings is 1. The monoisotopic (exact) mass is 394 g/mol. The lowest BCUT2D eigenvalue weighted by molar-refractivity contribution is 0.0970. The summed E-state index contributed by atoms with van der Waals surface area (Å²) in [5.74, 6) is -0.277. The fraction of sp³-hybridized carbons (Fsp3) is 0.250. The highest BCUT2D eigenvalue weighted by atomic mass is 79.9. The van der Waals surface area contributed by atoms with Crippen molar-refractivity contribution in [2.45, 2.75) is 20.4 Å². The van der Waals surface area contributed by atoms with Crippen LogP contribution in [0.15, 0.2) is 15.3 Å². The molecule has 20 heavy (non-hydrogen) atoms. The zero-order valence-electron chi connectivity index (χ0n) is 10.5. The number of aromatic nitrogens is 2. The van der Waals surface area contributed by atoms with Gasteiger partial charge in [0, 0.05) is 5.69 Å². The van der Waals surface area contributed by atoms with Gasteiger partial charge >= 0.3 is 5.69 Å². The lowest BCUT2D eigenvalue weighted by Gasteiger charge is -2.11. The molecule has 0 aliphatic carbocycles. The van der Waals surface area contributed by atoms with Crippen LogP contribution in [0.1, 0.15) is 21.7 Å². The van der Waals surface area contributed by atoms with Crippen LogP contribution in [-0.4, -0.2) is 15.3 Å². The van der Waals surface area contributed by atoms with Gasteiger partial charge in [-0.05, 0) is 35.8 Å². The molecule has 4 nitrogen and oxygen atoms in total. The number of hydrogen-bond acceptors (Lipinski definition) is 4. The van der Waals surface area contributed by atoms with Crippen molar-refractivity contribution in [3.05, 3.63) is 46.6 Å². The van der Waals surface area contributed by atoms with Gasteiger partial charge in [0.15, 0.2) is 5.78 Å². The van der Waals surface area contributed by atoms with Crippen molar-refractivity contribution >= 4 is 56.3 Å². The number of ketones is 1. The van der Waals surface area contributed by atoms with E-state index in [1.165, 1.54) is 10.6 Å². The maximum atomic E-state index is 12.2. The number of carbonyl (C=O) groups excluding carboxylic acids is 1. The van der Waals surface area contributed by atoms with Crippen LogP contribution in [0.2, 0.25) is 8.67 Å². The number of nitrogens with zero attached hydrogens (tertiary/aromatic N) is 2. The molecule has 0 aromatic carbocycles. The number of carbonyl (C=O) groups is 1. The molecule has 2 heterocycles. The molecule has 0 spiro atoms. The summed E-state index contributed by atoms with van der Waals surface area (Å²) in [6.45, 7) is 3.35. The maximum absolute atomic E-state index is 12.2. The molecule has 0 fully saturated rings. The highest BCUT2D eigenvalue weighted by Gasteiger charge is 2.17. The third-order valence-corrected chi connectivity index (χ3v) is 5.43. The average Bonchev–Trinajstić information content (AvgIpc) is 2.71. The van der Waals surface area contributed by atoms with Gasteiger partial charge in [-0.2, -0.15) is 4.98 Å². The standard InChI is InChI=1S/C12H9BrCl2N2O2S/c1-5-10(13)6(2)17(12(19)16-5)4-8(18)7-3-9(14)20-11(7)15/h3H,4H2,1-2H3. The highest BCUT2D eigenvalue weighted by molar-refractivity contribution is 9.10. The molecule has 0 saturated heterocycles. The Balaban J connectivity index is 2.41. The van der Waals surface area contributed by atoms with E-state index in [9.17, 15) is 9.59 Å². The molecule has 106 valence electrons. The first-order valence-corrected chi connectivity index (χ1v) is 7.89. The van der Waals surface area contributed by atoms with Crippen molar-refractivity contribution in [2.75, 3.05) is 0 Å². The summed E-state index contributed by atoms with van der Waals surface area (Å²) in [6, 6.07) is 1.51. The van der Waals surface area contributed by atoms with Crippen LogP contribution >= 0.6 is 50.5 Å². The molecular formula is C12H9BrCl2N2O2S. The molecule has 0 unspecified atom stereocenters. The van der Waals surface area contributed by atoms with E-state index in [2.05, 4.69) is 20.9 Å². The lowest BCUT2D eigenvalue weighted by atomic mass is 10.2. The smallest absolute Gasteiger partial charge is 0.292 e. The maximum Gasteiger partial charge on any atom is 0.348 e. The van der Waals surface area contributed by atoms with E-state index in [4.69, 9.17) is 23.2 Å². The normalized spacial score (nSPS) is 10.8. The van der Waals surface area contributed by atoms with Crippen LogP contribution in [0.3, 0.4) is 0 Å². The zero-order chi connectivity index (χ0) is 15.0. The summed E-state index contributed by atoms with van der Waals surface area (Å²) < 4.78 is 2.77. The van der Waals surface area contributed by atoms with Crippen LogP contribution in [0.5, 0.6) is 0 Å². The Morgan fingerprint density at radius 1 is 1.45 bits per heavy atom. The van der Waals surface area contributed by atoms with Gasteiger partial charge in [0.05, 0.1) is 26.6 Å². The van der Waals surface area contributed by atoms with Crippen LogP contribution in [0, 0.1) is 13.8 Å². The first-order chi connectivity index (χ1) is 9.31. The SMILES string of the molecule is Cc1nc(=O)n(CC(=O)c2cc(Cl)sc2Cl)c(C)c1Br. The topological polar surface area (TPSA) is 52.0 Å². The van der Waals surface area contributed by atoms with E-state index in [-0.39, 0.29) is 12.3 Å². The number of aryl methyl sites for hydroxylation is 1. The second-order valence-corrected chi connectivity index (χ2v) is 7.20. The quantitative estimate of drug-likeness (QED) is 0.741. The summed E-state index contributed by atoms with van der Waals surface area (Å²) in [6.07, 6.45) is 0. The molecule has 2 rings (SSSR count). The molecule has 0 N–H and O–H groups in total. The summed E-state index contributed by atoms with van der Waals surface area (Å²) in [5, 5.41) is 0. The van der Waals surface area contributed by atoms with Crippen molar-refractivity contribution in [3.8, 4) is 0 Å². The zero-order valence-corrected chi connectivity index (χ0v) is 14.5. The largest absolute Gasteiger partial charge is 0.348 e. The number of halogens is 3. The van der Waals surface area contributed by atoms with Crippen molar-refractivity contribution in [3.63, 3.8) is 0 Å². The minimum absolute atomic E-state index is 0.122. The third kappa shape index (κ3) is 2.98. The van der Waals surface area contributed by atoms with Gasteiger partial charge in [-0.3, -0.25) is 9.36 Å². The van der Waals surface area contributed by atoms with Gasteiger partial charge in [0.25, 0.3) is 0 Å². The van der Waals surface area contributed by atoms with Crippen molar-refractivity contribution in [1.82, 2.24) is 9.55 Å². The Morgan fingerprint density at radius 2 is 2.10 bits per heavy atom. The van der Waals surface area contributed by atoms with Gasteiger partial charge in [0.1, 0.15) is 4.34 Å². The molecule has 2 aromatic heterocycles. The van der Waals surface area contributed by atoms with Gasteiger partial charge in [0.2, 0.25) is 0 Å². The lowest BCUT2D eigenvalue weighted by Crippen LogP contribution is -2.29. The van der Waals surface area contributed by atoms with Gasteiger partial charge in [-0.25, -0.2) is 4.79 Å². The molecule has 0 atom stereocenters. The number of Topliss-reactive ketones (excluding diaryl/α,β-unsaturated/α-hetero) is 1. The van der Waals surface area contributed by atoms with Crippen molar-refractivity contribution < 1.29 is 4.79 Å². The van der Waals surface area contributed by atoms with Crippen molar-refractivity contribution in [1.29, 1.82) is 0 Å². The fourth-order valence-electron chi connectivity index (χ4n) is 1.72. The predicted molar refractivity (Wildman–Crippen MR) is 84.3 cm³/mol. The van der Waals surface area contributed by atoms with E-state index in [1.807, 2.05) is 0 Å². The Labute approximate surface area is 137 Å². The summed E-state index contributed by atoms with van der Waals surface area (Å²) >= 11 is 16.2. The molecule has 0 aliphatic heterocycles. The summed E-state index contributed by atoms with van der Waals surface area (Å²) in [5.41, 5.74) is 1.10. The first kappa shape index (κ1) is 15.7. The summed E-state index contributed by atoms with van der Waals surface area (Å²) in [7, 11) is 0. The number of rotatable bonds is 3. The summed E-state index contributed by atoms with van der Waals surface area (Å²) in [4.78, 5) is 28.0. The Morgan fingerprint density at radius 3 is 2.65 bits per heavy atom. The molecule has 0 amide bonds. The van der Waals surface area contributed by atoms with Gasteiger partial charge in [-0.15, -0.1) is 11.3 Å². The molecule has 8 heteroatoms. The fourth-order valence-corrected chi connectivity index (χ4v) is 3.52. The molecular weight excluding hydrogens is 387 g/mol. The Kier molecular flexibility index (Phi) is 4.69. The molecule has 0 radical (unpaired) electrons. The molecule has 0 saturated carbocycles. The second-order valence-electron chi connectivity index (χ2n) is 4.13.